The van der Waals surface area contributed by atoms with Crippen molar-refractivity contribution in [3.63, 3.8) is 0 Å². The minimum atomic E-state index is -0.00114. The van der Waals surface area contributed by atoms with Gasteiger partial charge < -0.3 is 9.88 Å². The van der Waals surface area contributed by atoms with Gasteiger partial charge in [0.2, 0.25) is 0 Å². The lowest BCUT2D eigenvalue weighted by molar-refractivity contribution is 0.585. The van der Waals surface area contributed by atoms with E-state index in [-0.39, 0.29) is 5.56 Å². The summed E-state index contributed by atoms with van der Waals surface area (Å²) >= 11 is 1.80. The van der Waals surface area contributed by atoms with Crippen molar-refractivity contribution >= 4 is 16.9 Å². The Hall–Kier alpha value is -1.92. The molecule has 3 rings (SSSR count). The first kappa shape index (κ1) is 13.1. The Morgan fingerprint density at radius 3 is 3.00 bits per heavy atom. The number of aryl methyl sites for hydroxylation is 1. The first-order chi connectivity index (χ1) is 9.74. The van der Waals surface area contributed by atoms with Crippen LogP contribution < -0.4 is 10.9 Å². The van der Waals surface area contributed by atoms with Crippen molar-refractivity contribution in [3.05, 3.63) is 56.9 Å². The number of fused-ring (bicyclic) bond motifs is 1. The molecule has 0 atom stereocenters. The molecule has 0 saturated heterocycles. The maximum Gasteiger partial charge on any atom is 0.276 e. The second-order valence-electron chi connectivity index (χ2n) is 4.65. The fraction of sp³-hybridized carbons (Fsp3) is 0.286. The molecule has 0 fully saturated rings. The molecule has 5 nitrogen and oxygen atoms in total. The van der Waals surface area contributed by atoms with E-state index in [1.807, 2.05) is 0 Å². The van der Waals surface area contributed by atoms with Crippen LogP contribution in [0.25, 0.3) is 5.52 Å². The maximum atomic E-state index is 12.1. The highest BCUT2D eigenvalue weighted by atomic mass is 32.1. The molecule has 0 aliphatic carbocycles. The lowest BCUT2D eigenvalue weighted by atomic mass is 10.4. The molecule has 20 heavy (non-hydrogen) atoms. The van der Waals surface area contributed by atoms with Gasteiger partial charge >= 0.3 is 0 Å². The van der Waals surface area contributed by atoms with E-state index >= 15 is 0 Å². The van der Waals surface area contributed by atoms with E-state index in [0.29, 0.717) is 12.1 Å². The average Bonchev–Trinajstić information content (AvgIpc) is 3.06. The Bertz CT molecular complexity index is 771. The Morgan fingerprint density at radius 2 is 2.20 bits per heavy atom. The number of rotatable bonds is 5. The van der Waals surface area contributed by atoms with Crippen LogP contribution in [0.15, 0.2) is 41.6 Å². The van der Waals surface area contributed by atoms with E-state index in [4.69, 9.17) is 0 Å². The third kappa shape index (κ3) is 2.66. The number of thiophene rings is 1. The van der Waals surface area contributed by atoms with E-state index in [0.717, 1.165) is 13.1 Å². The van der Waals surface area contributed by atoms with Crippen LogP contribution in [0.3, 0.4) is 0 Å². The quantitative estimate of drug-likeness (QED) is 0.726. The molecule has 3 heterocycles. The summed E-state index contributed by atoms with van der Waals surface area (Å²) in [4.78, 5) is 14.8. The molecule has 0 aromatic carbocycles. The van der Waals surface area contributed by atoms with Crippen LogP contribution in [-0.4, -0.2) is 20.7 Å². The topological polar surface area (TPSA) is 51.3 Å². The van der Waals surface area contributed by atoms with Crippen molar-refractivity contribution in [2.75, 3.05) is 6.54 Å². The van der Waals surface area contributed by atoms with Crippen LogP contribution in [0.5, 0.6) is 0 Å². The number of hydrogen-bond donors (Lipinski definition) is 1. The molecule has 104 valence electrons. The predicted octanol–water partition coefficient (Wildman–Crippen LogP) is 1.66. The highest BCUT2D eigenvalue weighted by Crippen LogP contribution is 2.14. The minimum absolute atomic E-state index is 0.00114. The lowest BCUT2D eigenvalue weighted by Crippen LogP contribution is -2.27. The highest BCUT2D eigenvalue weighted by molar-refractivity contribution is 7.11. The summed E-state index contributed by atoms with van der Waals surface area (Å²) in [5, 5.41) is 7.41. The lowest BCUT2D eigenvalue weighted by Gasteiger charge is -2.07. The van der Waals surface area contributed by atoms with Gasteiger partial charge in [0, 0.05) is 41.8 Å². The van der Waals surface area contributed by atoms with Crippen LogP contribution in [0.4, 0.5) is 0 Å². The van der Waals surface area contributed by atoms with Crippen LogP contribution in [0.2, 0.25) is 0 Å². The predicted molar refractivity (Wildman–Crippen MR) is 80.2 cm³/mol. The van der Waals surface area contributed by atoms with Gasteiger partial charge in [-0.15, -0.1) is 11.3 Å². The third-order valence-corrected chi connectivity index (χ3v) is 4.16. The molecule has 0 amide bonds. The van der Waals surface area contributed by atoms with Gasteiger partial charge in [0.15, 0.2) is 0 Å². The van der Waals surface area contributed by atoms with Gasteiger partial charge in [-0.1, -0.05) is 0 Å². The summed E-state index contributed by atoms with van der Waals surface area (Å²) in [5.41, 5.74) is 0.611. The molecule has 0 radical (unpaired) electrons. The summed E-state index contributed by atoms with van der Waals surface area (Å²) in [5.74, 6) is 0. The molecule has 3 aromatic rings. The van der Waals surface area contributed by atoms with E-state index in [9.17, 15) is 4.79 Å². The van der Waals surface area contributed by atoms with Gasteiger partial charge in [0.05, 0.1) is 6.20 Å². The smallest absolute Gasteiger partial charge is 0.276 e. The summed E-state index contributed by atoms with van der Waals surface area (Å²) in [6.45, 7) is 4.38. The van der Waals surface area contributed by atoms with Crippen molar-refractivity contribution < 1.29 is 0 Å². The maximum absolute atomic E-state index is 12.1. The van der Waals surface area contributed by atoms with Crippen LogP contribution in [-0.2, 0) is 13.1 Å². The van der Waals surface area contributed by atoms with Crippen LogP contribution in [0.1, 0.15) is 9.75 Å². The standard InChI is InChI=1S/C14H16N4OS/c1-11-2-3-12(20-11)10-15-6-7-17-8-9-18-13(14(17)19)4-5-16-18/h2-5,8-9,15H,6-7,10H2,1H3. The first-order valence-corrected chi connectivity index (χ1v) is 7.34. The minimum Gasteiger partial charge on any atom is -0.311 e. The third-order valence-electron chi connectivity index (χ3n) is 3.16. The van der Waals surface area contributed by atoms with Crippen LogP contribution >= 0.6 is 11.3 Å². The largest absolute Gasteiger partial charge is 0.311 e. The molecular weight excluding hydrogens is 272 g/mol. The second kappa shape index (κ2) is 5.60. The Balaban J connectivity index is 1.59. The molecule has 6 heteroatoms. The monoisotopic (exact) mass is 288 g/mol. The van der Waals surface area contributed by atoms with E-state index in [1.165, 1.54) is 9.75 Å². The molecule has 0 spiro atoms. The number of nitrogens with zero attached hydrogens (tertiary/aromatic N) is 3. The number of aromatic nitrogens is 3. The van der Waals surface area contributed by atoms with E-state index in [2.05, 4.69) is 29.5 Å². The average molecular weight is 288 g/mol. The second-order valence-corrected chi connectivity index (χ2v) is 6.02. The highest BCUT2D eigenvalue weighted by Gasteiger charge is 2.02. The van der Waals surface area contributed by atoms with Gasteiger partial charge in [0.1, 0.15) is 5.52 Å². The van der Waals surface area contributed by atoms with E-state index in [1.54, 1.807) is 45.1 Å². The summed E-state index contributed by atoms with van der Waals surface area (Å²) in [6.07, 6.45) is 5.22. The van der Waals surface area contributed by atoms with Gasteiger partial charge in [-0.05, 0) is 25.1 Å². The summed E-state index contributed by atoms with van der Waals surface area (Å²) in [6, 6.07) is 6.00. The number of nitrogens with one attached hydrogen (secondary N) is 1. The normalized spacial score (nSPS) is 11.2. The zero-order valence-electron chi connectivity index (χ0n) is 11.2. The molecule has 0 bridgehead atoms. The van der Waals surface area contributed by atoms with Crippen LogP contribution in [0, 0.1) is 6.92 Å². The van der Waals surface area contributed by atoms with Gasteiger partial charge in [-0.25, -0.2) is 4.52 Å². The Morgan fingerprint density at radius 1 is 1.30 bits per heavy atom. The van der Waals surface area contributed by atoms with Crippen molar-refractivity contribution in [2.24, 2.45) is 0 Å². The Kier molecular flexibility index (Phi) is 3.66. The first-order valence-electron chi connectivity index (χ1n) is 6.53. The van der Waals surface area contributed by atoms with Crippen molar-refractivity contribution in [1.82, 2.24) is 19.5 Å². The van der Waals surface area contributed by atoms with Gasteiger partial charge in [-0.2, -0.15) is 5.10 Å². The Labute approximate surface area is 120 Å². The fourth-order valence-electron chi connectivity index (χ4n) is 2.13. The van der Waals surface area contributed by atoms with Crippen molar-refractivity contribution in [3.8, 4) is 0 Å². The molecule has 0 aliphatic rings. The van der Waals surface area contributed by atoms with Crippen molar-refractivity contribution in [2.45, 2.75) is 20.0 Å². The molecule has 0 unspecified atom stereocenters. The SMILES string of the molecule is Cc1ccc(CNCCn2ccn3nccc3c2=O)s1. The number of hydrogen-bond acceptors (Lipinski definition) is 4. The zero-order valence-corrected chi connectivity index (χ0v) is 12.1. The molecule has 0 aliphatic heterocycles. The molecule has 0 saturated carbocycles. The van der Waals surface area contributed by atoms with E-state index < -0.39 is 0 Å². The molecule has 1 N–H and O–H groups in total. The fourth-order valence-corrected chi connectivity index (χ4v) is 2.99. The summed E-state index contributed by atoms with van der Waals surface area (Å²) < 4.78 is 3.31. The van der Waals surface area contributed by atoms with Gasteiger partial charge in [-0.3, -0.25) is 4.79 Å². The molecule has 3 aromatic heterocycles. The summed E-state index contributed by atoms with van der Waals surface area (Å²) in [7, 11) is 0. The van der Waals surface area contributed by atoms with Crippen molar-refractivity contribution in [1.29, 1.82) is 0 Å². The zero-order chi connectivity index (χ0) is 13.9. The molecular formula is C14H16N4OS. The van der Waals surface area contributed by atoms with Gasteiger partial charge in [0.25, 0.3) is 5.56 Å².